The maximum atomic E-state index is 10.8. The van der Waals surface area contributed by atoms with Crippen LogP contribution in [0.2, 0.25) is 0 Å². The normalized spacial score (nSPS) is 12.3. The molecule has 0 aliphatic heterocycles. The van der Waals surface area contributed by atoms with E-state index >= 15 is 0 Å². The summed E-state index contributed by atoms with van der Waals surface area (Å²) in [6, 6.07) is 0. The van der Waals surface area contributed by atoms with E-state index < -0.39 is 0 Å². The van der Waals surface area contributed by atoms with Crippen molar-refractivity contribution in [1.82, 2.24) is 0 Å². The summed E-state index contributed by atoms with van der Waals surface area (Å²) in [5, 5.41) is 0. The van der Waals surface area contributed by atoms with Gasteiger partial charge in [-0.2, -0.15) is 0 Å². The molecule has 0 fully saturated rings. The van der Waals surface area contributed by atoms with Crippen LogP contribution in [-0.4, -0.2) is 92.4 Å². The minimum atomic E-state index is -0.274. The number of ether oxygens (including phenoxy) is 7. The van der Waals surface area contributed by atoms with Gasteiger partial charge in [0, 0.05) is 6.61 Å². The average Bonchev–Trinajstić information content (AvgIpc) is 2.69. The van der Waals surface area contributed by atoms with E-state index in [1.165, 1.54) is 7.11 Å². The van der Waals surface area contributed by atoms with E-state index in [2.05, 4.69) is 18.6 Å². The first-order valence-corrected chi connectivity index (χ1v) is 9.74. The van der Waals surface area contributed by atoms with Crippen molar-refractivity contribution in [2.24, 2.45) is 5.92 Å². The van der Waals surface area contributed by atoms with Gasteiger partial charge < -0.3 is 33.2 Å². The van der Waals surface area contributed by atoms with Crippen molar-refractivity contribution < 1.29 is 38.0 Å². The predicted molar refractivity (Wildman–Crippen MR) is 101 cm³/mol. The van der Waals surface area contributed by atoms with E-state index in [-0.39, 0.29) is 12.4 Å². The van der Waals surface area contributed by atoms with E-state index in [1.54, 1.807) is 0 Å². The third-order valence-corrected chi connectivity index (χ3v) is 3.64. The quantitative estimate of drug-likeness (QED) is 0.215. The number of methoxy groups -OCH3 is 1. The summed E-state index contributed by atoms with van der Waals surface area (Å²) in [4.78, 5) is 10.8. The van der Waals surface area contributed by atoms with Crippen LogP contribution < -0.4 is 0 Å². The Hall–Kier alpha value is -0.770. The van der Waals surface area contributed by atoms with Gasteiger partial charge in [-0.15, -0.1) is 0 Å². The number of esters is 1. The first-order chi connectivity index (χ1) is 13.2. The molecular weight excluding hydrogens is 356 g/mol. The van der Waals surface area contributed by atoms with Gasteiger partial charge in [-0.25, -0.2) is 0 Å². The van der Waals surface area contributed by atoms with E-state index in [0.717, 1.165) is 13.0 Å². The topological polar surface area (TPSA) is 81.7 Å². The zero-order chi connectivity index (χ0) is 20.0. The van der Waals surface area contributed by atoms with Crippen LogP contribution in [0.4, 0.5) is 0 Å². The Kier molecular flexibility index (Phi) is 20.9. The van der Waals surface area contributed by atoms with Crippen molar-refractivity contribution in [2.75, 3.05) is 86.4 Å². The average molecular weight is 395 g/mol. The summed E-state index contributed by atoms with van der Waals surface area (Å²) in [5.41, 5.74) is 0. The zero-order valence-corrected chi connectivity index (χ0v) is 17.2. The number of carbonyl (C=O) groups is 1. The monoisotopic (exact) mass is 394 g/mol. The molecule has 0 heterocycles. The molecule has 0 spiro atoms. The molecule has 1 atom stereocenters. The van der Waals surface area contributed by atoms with Crippen LogP contribution in [0.25, 0.3) is 0 Å². The molecule has 8 heteroatoms. The molecule has 8 nitrogen and oxygen atoms in total. The van der Waals surface area contributed by atoms with Gasteiger partial charge in [-0.05, 0) is 5.92 Å². The lowest BCUT2D eigenvalue weighted by Crippen LogP contribution is -2.15. The molecule has 0 aromatic rings. The van der Waals surface area contributed by atoms with Gasteiger partial charge in [0.15, 0.2) is 0 Å². The molecule has 0 aliphatic rings. The smallest absolute Gasteiger partial charge is 0.307 e. The molecular formula is C19H38O8. The molecule has 27 heavy (non-hydrogen) atoms. The molecule has 0 aromatic carbocycles. The van der Waals surface area contributed by atoms with E-state index in [0.29, 0.717) is 78.6 Å². The van der Waals surface area contributed by atoms with Crippen LogP contribution in [-0.2, 0) is 38.0 Å². The van der Waals surface area contributed by atoms with Crippen LogP contribution in [0.1, 0.15) is 26.7 Å². The molecule has 0 N–H and O–H groups in total. The lowest BCUT2D eigenvalue weighted by molar-refractivity contribution is -0.141. The van der Waals surface area contributed by atoms with Crippen LogP contribution >= 0.6 is 0 Å². The molecule has 0 radical (unpaired) electrons. The van der Waals surface area contributed by atoms with Gasteiger partial charge in [0.1, 0.15) is 0 Å². The van der Waals surface area contributed by atoms with Crippen molar-refractivity contribution in [1.29, 1.82) is 0 Å². The summed E-state index contributed by atoms with van der Waals surface area (Å²) in [6.45, 7) is 10.8. The van der Waals surface area contributed by atoms with Gasteiger partial charge >= 0.3 is 5.97 Å². The van der Waals surface area contributed by atoms with E-state index in [1.807, 2.05) is 0 Å². The molecule has 0 bridgehead atoms. The lowest BCUT2D eigenvalue weighted by Gasteiger charge is -2.10. The second-order valence-corrected chi connectivity index (χ2v) is 5.98. The standard InChI is InChI=1S/C19H38O8/c1-4-18(2)17-27-16-15-26-14-13-25-12-11-24-10-9-23-8-7-22-6-5-19(20)21-3/h18H,4-17H2,1-3H3. The summed E-state index contributed by atoms with van der Waals surface area (Å²) in [7, 11) is 1.36. The van der Waals surface area contributed by atoms with Gasteiger partial charge in [-0.1, -0.05) is 20.3 Å². The minimum absolute atomic E-state index is 0.261. The summed E-state index contributed by atoms with van der Waals surface area (Å²) < 4.78 is 36.8. The number of hydrogen-bond acceptors (Lipinski definition) is 8. The maximum Gasteiger partial charge on any atom is 0.307 e. The lowest BCUT2D eigenvalue weighted by atomic mass is 10.1. The molecule has 0 saturated carbocycles. The predicted octanol–water partition coefficient (Wildman–Crippen LogP) is 1.70. The highest BCUT2D eigenvalue weighted by Crippen LogP contribution is 1.99. The van der Waals surface area contributed by atoms with Crippen molar-refractivity contribution in [3.05, 3.63) is 0 Å². The Morgan fingerprint density at radius 2 is 1.04 bits per heavy atom. The summed E-state index contributed by atoms with van der Waals surface area (Å²) in [5.74, 6) is 0.328. The minimum Gasteiger partial charge on any atom is -0.469 e. The molecule has 0 saturated heterocycles. The molecule has 0 amide bonds. The first-order valence-electron chi connectivity index (χ1n) is 9.74. The Balaban J connectivity index is 3.04. The maximum absolute atomic E-state index is 10.8. The fourth-order valence-electron chi connectivity index (χ4n) is 1.76. The SMILES string of the molecule is CCC(C)COCCOCCOCCOCCOCCOCCC(=O)OC. The molecule has 0 aromatic heterocycles. The number of hydrogen-bond donors (Lipinski definition) is 0. The van der Waals surface area contributed by atoms with Gasteiger partial charge in [0.25, 0.3) is 0 Å². The Labute approximate surface area is 163 Å². The van der Waals surface area contributed by atoms with Crippen LogP contribution in [0.3, 0.4) is 0 Å². The Morgan fingerprint density at radius 3 is 1.41 bits per heavy atom. The summed E-state index contributed by atoms with van der Waals surface area (Å²) in [6.07, 6.45) is 1.40. The van der Waals surface area contributed by atoms with Crippen LogP contribution in [0.15, 0.2) is 0 Å². The number of carbonyl (C=O) groups excluding carboxylic acids is 1. The molecule has 0 rings (SSSR count). The second-order valence-electron chi connectivity index (χ2n) is 5.98. The Morgan fingerprint density at radius 1 is 0.667 bits per heavy atom. The van der Waals surface area contributed by atoms with Crippen molar-refractivity contribution in [2.45, 2.75) is 26.7 Å². The molecule has 0 aliphatic carbocycles. The third kappa shape index (κ3) is 21.4. The fraction of sp³-hybridized carbons (Fsp3) is 0.947. The van der Waals surface area contributed by atoms with Crippen molar-refractivity contribution >= 4 is 5.97 Å². The highest BCUT2D eigenvalue weighted by atomic mass is 16.6. The van der Waals surface area contributed by atoms with Gasteiger partial charge in [0.05, 0.1) is 86.2 Å². The zero-order valence-electron chi connectivity index (χ0n) is 17.2. The third-order valence-electron chi connectivity index (χ3n) is 3.64. The first kappa shape index (κ1) is 26.2. The van der Waals surface area contributed by atoms with Gasteiger partial charge in [-0.3, -0.25) is 4.79 Å². The highest BCUT2D eigenvalue weighted by molar-refractivity contribution is 5.69. The van der Waals surface area contributed by atoms with E-state index in [9.17, 15) is 4.79 Å². The fourth-order valence-corrected chi connectivity index (χ4v) is 1.76. The second kappa shape index (κ2) is 21.5. The van der Waals surface area contributed by atoms with E-state index in [4.69, 9.17) is 28.4 Å². The summed E-state index contributed by atoms with van der Waals surface area (Å²) >= 11 is 0. The number of rotatable bonds is 21. The van der Waals surface area contributed by atoms with Gasteiger partial charge in [0.2, 0.25) is 0 Å². The Bertz CT molecular complexity index is 314. The van der Waals surface area contributed by atoms with Crippen LogP contribution in [0, 0.1) is 5.92 Å². The molecule has 162 valence electrons. The van der Waals surface area contributed by atoms with Crippen LogP contribution in [0.5, 0.6) is 0 Å². The molecule has 1 unspecified atom stereocenters. The van der Waals surface area contributed by atoms with Crippen molar-refractivity contribution in [3.63, 3.8) is 0 Å². The highest BCUT2D eigenvalue weighted by Gasteiger charge is 1.99. The largest absolute Gasteiger partial charge is 0.469 e. The van der Waals surface area contributed by atoms with Crippen molar-refractivity contribution in [3.8, 4) is 0 Å².